The van der Waals surface area contributed by atoms with Crippen LogP contribution in [0.4, 0.5) is 34.1 Å². The van der Waals surface area contributed by atoms with Crippen LogP contribution in [0.2, 0.25) is 0 Å². The Morgan fingerprint density at radius 2 is 0.935 bits per heavy atom. The highest BCUT2D eigenvalue weighted by molar-refractivity contribution is 7.00. The van der Waals surface area contributed by atoms with Gasteiger partial charge in [-0.1, -0.05) is 168 Å². The Labute approximate surface area is 372 Å². The van der Waals surface area contributed by atoms with E-state index in [-0.39, 0.29) is 28.4 Å². The molecule has 312 valence electrons. The second-order valence-corrected chi connectivity index (χ2v) is 22.3. The van der Waals surface area contributed by atoms with E-state index in [4.69, 9.17) is 0 Å². The zero-order valence-corrected chi connectivity index (χ0v) is 39.3. The number of anilines is 6. The molecule has 0 saturated heterocycles. The van der Waals surface area contributed by atoms with Gasteiger partial charge in [0.25, 0.3) is 6.71 Å². The van der Waals surface area contributed by atoms with Gasteiger partial charge in [-0.15, -0.1) is 5.73 Å². The van der Waals surface area contributed by atoms with Crippen LogP contribution in [0.15, 0.2) is 157 Å². The molecule has 2 aliphatic heterocycles. The van der Waals surface area contributed by atoms with Crippen LogP contribution in [0.3, 0.4) is 0 Å². The summed E-state index contributed by atoms with van der Waals surface area (Å²) in [5.74, 6) is 0. The molecule has 0 radical (unpaired) electrons. The molecule has 0 amide bonds. The number of rotatable bonds is 5. The van der Waals surface area contributed by atoms with Crippen molar-refractivity contribution in [2.75, 3.05) is 9.80 Å². The van der Waals surface area contributed by atoms with Crippen LogP contribution in [-0.2, 0) is 27.1 Å². The number of benzene rings is 6. The average Bonchev–Trinajstić information content (AvgIpc) is 3.78. The van der Waals surface area contributed by atoms with Gasteiger partial charge in [0.2, 0.25) is 0 Å². The van der Waals surface area contributed by atoms with Crippen LogP contribution in [0, 0.1) is 0 Å². The lowest BCUT2D eigenvalue weighted by Gasteiger charge is -2.46. The van der Waals surface area contributed by atoms with Crippen molar-refractivity contribution in [2.45, 2.75) is 117 Å². The summed E-state index contributed by atoms with van der Waals surface area (Å²) in [6.45, 7) is 30.3. The van der Waals surface area contributed by atoms with Crippen LogP contribution in [-0.4, -0.2) is 6.71 Å². The van der Waals surface area contributed by atoms with Crippen molar-refractivity contribution in [2.24, 2.45) is 0 Å². The summed E-state index contributed by atoms with van der Waals surface area (Å²) in [6.07, 6.45) is 6.45. The Morgan fingerprint density at radius 3 is 1.53 bits per heavy atom. The number of nitrogens with zero attached hydrogens (tertiary/aromatic N) is 2. The van der Waals surface area contributed by atoms with Gasteiger partial charge in [-0.2, -0.15) is 0 Å². The molecular weight excluding hydrogens is 747 g/mol. The molecule has 1 atom stereocenters. The Balaban J connectivity index is 1.45. The van der Waals surface area contributed by atoms with Gasteiger partial charge >= 0.3 is 0 Å². The highest BCUT2D eigenvalue weighted by atomic mass is 15.2. The lowest BCUT2D eigenvalue weighted by molar-refractivity contribution is 0.589. The minimum Gasteiger partial charge on any atom is -0.311 e. The molecule has 0 N–H and O–H groups in total. The number of fused-ring (bicyclic) bond motifs is 4. The Bertz CT molecular complexity index is 2820. The molecule has 0 aromatic heterocycles. The van der Waals surface area contributed by atoms with E-state index in [1.165, 1.54) is 78.2 Å². The monoisotopic (exact) mass is 811 g/mol. The zero-order chi connectivity index (χ0) is 44.1. The van der Waals surface area contributed by atoms with Crippen molar-refractivity contribution >= 4 is 57.2 Å². The molecular formula is C59H63BN2. The smallest absolute Gasteiger partial charge is 0.252 e. The minimum absolute atomic E-state index is 0.0102. The van der Waals surface area contributed by atoms with E-state index in [9.17, 15) is 0 Å². The first-order chi connectivity index (χ1) is 29.2. The first-order valence-corrected chi connectivity index (χ1v) is 22.6. The van der Waals surface area contributed by atoms with Crippen molar-refractivity contribution in [1.82, 2.24) is 0 Å². The predicted molar refractivity (Wildman–Crippen MR) is 269 cm³/mol. The first kappa shape index (κ1) is 41.6. The van der Waals surface area contributed by atoms with E-state index < -0.39 is 5.41 Å². The zero-order valence-electron chi connectivity index (χ0n) is 39.3. The lowest BCUT2D eigenvalue weighted by Crippen LogP contribution is -2.61. The molecule has 6 aromatic carbocycles. The van der Waals surface area contributed by atoms with Gasteiger partial charge in [-0.05, 0) is 139 Å². The predicted octanol–water partition coefficient (Wildman–Crippen LogP) is 13.9. The first-order valence-electron chi connectivity index (χ1n) is 22.6. The second-order valence-electron chi connectivity index (χ2n) is 22.3. The van der Waals surface area contributed by atoms with E-state index in [1.54, 1.807) is 0 Å². The normalized spacial score (nSPS) is 15.6. The lowest BCUT2D eigenvalue weighted by atomic mass is 9.33. The summed E-state index contributed by atoms with van der Waals surface area (Å²) >= 11 is 0. The fourth-order valence-electron chi connectivity index (χ4n) is 9.89. The molecule has 1 aliphatic carbocycles. The fourth-order valence-corrected chi connectivity index (χ4v) is 9.89. The molecule has 0 spiro atoms. The molecule has 0 saturated carbocycles. The third-order valence-corrected chi connectivity index (χ3v) is 13.8. The van der Waals surface area contributed by atoms with Gasteiger partial charge in [0, 0.05) is 45.1 Å². The summed E-state index contributed by atoms with van der Waals surface area (Å²) in [6, 6.07) is 49.4. The van der Waals surface area contributed by atoms with Gasteiger partial charge in [-0.3, -0.25) is 0 Å². The van der Waals surface area contributed by atoms with Gasteiger partial charge in [0.15, 0.2) is 0 Å². The molecule has 3 aliphatic rings. The number of allylic oxidation sites excluding steroid dienone is 3. The molecule has 6 aromatic rings. The quantitative estimate of drug-likeness (QED) is 0.126. The van der Waals surface area contributed by atoms with Crippen LogP contribution in [0.1, 0.15) is 123 Å². The van der Waals surface area contributed by atoms with Crippen molar-refractivity contribution in [3.8, 4) is 0 Å². The Morgan fingerprint density at radius 1 is 0.403 bits per heavy atom. The van der Waals surface area contributed by atoms with Crippen molar-refractivity contribution in [1.29, 1.82) is 0 Å². The van der Waals surface area contributed by atoms with E-state index in [2.05, 4.69) is 251 Å². The molecule has 2 nitrogen and oxygen atoms in total. The molecule has 2 heterocycles. The Kier molecular flexibility index (Phi) is 9.66. The van der Waals surface area contributed by atoms with Crippen LogP contribution in [0.5, 0.6) is 0 Å². The SMILES string of the molecule is CC(C)(C)c1ccc(N2c3ccc(C(C)(C)C)cc3B3c4ccc(C(C)(C)C)cc4N(c4cccc(C(C)(C)C)c4)c4cc(C(C)(C5=C=CC=C5)c5ccccc5)cc2c43)cc1. The third-order valence-electron chi connectivity index (χ3n) is 13.8. The van der Waals surface area contributed by atoms with E-state index in [0.29, 0.717) is 0 Å². The van der Waals surface area contributed by atoms with E-state index >= 15 is 0 Å². The topological polar surface area (TPSA) is 6.48 Å². The Hall–Kier alpha value is -5.76. The van der Waals surface area contributed by atoms with E-state index in [1.807, 2.05) is 0 Å². The highest BCUT2D eigenvalue weighted by Crippen LogP contribution is 2.50. The third kappa shape index (κ3) is 6.90. The number of hydrogen-bond donors (Lipinski definition) is 0. The van der Waals surface area contributed by atoms with Crippen LogP contribution < -0.4 is 26.2 Å². The molecule has 0 fully saturated rings. The summed E-state index contributed by atoms with van der Waals surface area (Å²) in [4.78, 5) is 5.18. The molecule has 3 heteroatoms. The van der Waals surface area contributed by atoms with Gasteiger partial charge in [-0.25, -0.2) is 0 Å². The van der Waals surface area contributed by atoms with Gasteiger partial charge in [0.1, 0.15) is 0 Å². The molecule has 0 bridgehead atoms. The second kappa shape index (κ2) is 14.4. The van der Waals surface area contributed by atoms with Gasteiger partial charge < -0.3 is 9.80 Å². The van der Waals surface area contributed by atoms with E-state index in [0.717, 1.165) is 11.3 Å². The largest absolute Gasteiger partial charge is 0.311 e. The van der Waals surface area contributed by atoms with Crippen molar-refractivity contribution in [3.63, 3.8) is 0 Å². The van der Waals surface area contributed by atoms with Crippen molar-refractivity contribution in [3.05, 3.63) is 190 Å². The standard InChI is InChI=1S/C59H63BN2/c1-55(2,3)39-26-30-46(31-27-39)61-50-33-29-43(57(7,8)9)35-49(50)60-48-32-28-44(58(10,11)12)36-51(48)62(47-25-19-24-42(34-47)56(4,5)6)53-38-45(37-52(61)54(53)60)59(13,41-22-17-18-23-41)40-20-15-14-16-21-40/h14-22,24-38H,1-13H3. The molecule has 62 heavy (non-hydrogen) atoms. The average molecular weight is 811 g/mol. The van der Waals surface area contributed by atoms with Crippen LogP contribution in [0.25, 0.3) is 0 Å². The maximum atomic E-state index is 3.69. The maximum absolute atomic E-state index is 3.69. The van der Waals surface area contributed by atoms with Crippen LogP contribution >= 0.6 is 0 Å². The molecule has 1 unspecified atom stereocenters. The highest BCUT2D eigenvalue weighted by Gasteiger charge is 2.46. The minimum atomic E-state index is -0.504. The number of hydrogen-bond acceptors (Lipinski definition) is 2. The summed E-state index contributed by atoms with van der Waals surface area (Å²) < 4.78 is 0. The maximum Gasteiger partial charge on any atom is 0.252 e. The van der Waals surface area contributed by atoms with Crippen molar-refractivity contribution < 1.29 is 0 Å². The summed E-state index contributed by atoms with van der Waals surface area (Å²) in [7, 11) is 0. The summed E-state index contributed by atoms with van der Waals surface area (Å²) in [5.41, 5.74) is 23.4. The summed E-state index contributed by atoms with van der Waals surface area (Å²) in [5, 5.41) is 0. The molecule has 9 rings (SSSR count). The van der Waals surface area contributed by atoms with Gasteiger partial charge in [0.05, 0.1) is 0 Å². The fraction of sp³-hybridized carbons (Fsp3) is 0.305.